The van der Waals surface area contributed by atoms with Gasteiger partial charge in [-0.25, -0.2) is 9.18 Å². The van der Waals surface area contributed by atoms with Gasteiger partial charge in [0.05, 0.1) is 24.2 Å². The van der Waals surface area contributed by atoms with Gasteiger partial charge >= 0.3 is 5.69 Å². The van der Waals surface area contributed by atoms with E-state index in [1.807, 2.05) is 0 Å². The van der Waals surface area contributed by atoms with Crippen LogP contribution in [0.3, 0.4) is 0 Å². The van der Waals surface area contributed by atoms with E-state index in [4.69, 9.17) is 21.1 Å². The molecule has 4 rings (SSSR count). The summed E-state index contributed by atoms with van der Waals surface area (Å²) in [5, 5.41) is 4.73. The molecule has 1 aromatic heterocycles. The average Bonchev–Trinajstić information content (AvgIpc) is 2.79. The van der Waals surface area contributed by atoms with Crippen LogP contribution in [0.5, 0.6) is 11.5 Å². The number of hydrogen-bond acceptors (Lipinski definition) is 5. The number of nitrogens with zero attached hydrogens (tertiary/aromatic N) is 2. The first kappa shape index (κ1) is 21.3. The Balaban J connectivity index is 1.73. The Hall–Kier alpha value is -3.91. The molecular weight excluding hydrogens is 437 g/mol. The second-order valence-corrected chi connectivity index (χ2v) is 7.22. The minimum atomic E-state index is -0.687. The zero-order chi connectivity index (χ0) is 22.7. The molecule has 0 aliphatic rings. The molecule has 0 fully saturated rings. The van der Waals surface area contributed by atoms with Crippen molar-refractivity contribution in [2.75, 3.05) is 7.11 Å². The monoisotopic (exact) mass is 453 g/mol. The van der Waals surface area contributed by atoms with Gasteiger partial charge in [-0.2, -0.15) is 5.10 Å². The van der Waals surface area contributed by atoms with Crippen LogP contribution in [0.2, 0.25) is 5.02 Å². The van der Waals surface area contributed by atoms with Crippen molar-refractivity contribution in [1.29, 1.82) is 0 Å². The molecule has 0 aliphatic heterocycles. The molecule has 0 amide bonds. The van der Waals surface area contributed by atoms with Gasteiger partial charge in [0.25, 0.3) is 5.56 Å². The van der Waals surface area contributed by atoms with Gasteiger partial charge in [0.1, 0.15) is 12.4 Å². The van der Waals surface area contributed by atoms with E-state index in [0.29, 0.717) is 33.0 Å². The number of para-hydroxylation sites is 1. The van der Waals surface area contributed by atoms with Crippen molar-refractivity contribution in [1.82, 2.24) is 9.66 Å². The van der Waals surface area contributed by atoms with E-state index >= 15 is 0 Å². The van der Waals surface area contributed by atoms with Crippen molar-refractivity contribution < 1.29 is 13.9 Å². The van der Waals surface area contributed by atoms with Crippen LogP contribution in [-0.2, 0) is 6.61 Å². The van der Waals surface area contributed by atoms with E-state index in [9.17, 15) is 14.0 Å². The first-order valence-corrected chi connectivity index (χ1v) is 9.87. The second kappa shape index (κ2) is 9.07. The molecule has 0 aliphatic carbocycles. The van der Waals surface area contributed by atoms with E-state index in [0.717, 1.165) is 10.2 Å². The third-order valence-electron chi connectivity index (χ3n) is 4.66. The van der Waals surface area contributed by atoms with Crippen LogP contribution in [0.25, 0.3) is 10.9 Å². The number of aromatic amines is 1. The Kier molecular flexibility index (Phi) is 6.04. The summed E-state index contributed by atoms with van der Waals surface area (Å²) in [6.45, 7) is 0.121. The van der Waals surface area contributed by atoms with Gasteiger partial charge < -0.3 is 14.5 Å². The highest BCUT2D eigenvalue weighted by Gasteiger charge is 2.13. The Morgan fingerprint density at radius 1 is 1.12 bits per heavy atom. The third-order valence-corrected chi connectivity index (χ3v) is 4.88. The van der Waals surface area contributed by atoms with Crippen LogP contribution in [0.15, 0.2) is 75.4 Å². The molecule has 162 valence electrons. The van der Waals surface area contributed by atoms with E-state index in [1.165, 1.54) is 25.5 Å². The Morgan fingerprint density at radius 2 is 1.88 bits per heavy atom. The van der Waals surface area contributed by atoms with E-state index in [2.05, 4.69) is 10.1 Å². The van der Waals surface area contributed by atoms with Gasteiger partial charge in [-0.1, -0.05) is 35.9 Å². The van der Waals surface area contributed by atoms with Gasteiger partial charge in [-0.05, 0) is 35.9 Å². The van der Waals surface area contributed by atoms with Crippen molar-refractivity contribution in [3.05, 3.63) is 103 Å². The van der Waals surface area contributed by atoms with Gasteiger partial charge in [0.2, 0.25) is 0 Å². The van der Waals surface area contributed by atoms with Crippen LogP contribution in [0, 0.1) is 5.82 Å². The third kappa shape index (κ3) is 4.40. The molecule has 0 atom stereocenters. The summed E-state index contributed by atoms with van der Waals surface area (Å²) in [5.74, 6) is 0.285. The smallest absolute Gasteiger partial charge is 0.349 e. The first-order chi connectivity index (χ1) is 15.5. The summed E-state index contributed by atoms with van der Waals surface area (Å²) in [7, 11) is 1.45. The molecule has 0 radical (unpaired) electrons. The summed E-state index contributed by atoms with van der Waals surface area (Å²) < 4.78 is 25.1. The summed E-state index contributed by atoms with van der Waals surface area (Å²) in [6.07, 6.45) is 1.29. The molecule has 0 unspecified atom stereocenters. The average molecular weight is 454 g/mol. The van der Waals surface area contributed by atoms with Crippen molar-refractivity contribution in [3.8, 4) is 11.5 Å². The highest BCUT2D eigenvalue weighted by molar-refractivity contribution is 6.31. The van der Waals surface area contributed by atoms with Crippen molar-refractivity contribution in [2.24, 2.45) is 5.10 Å². The molecule has 1 heterocycles. The number of rotatable bonds is 6. The quantitative estimate of drug-likeness (QED) is 0.448. The second-order valence-electron chi connectivity index (χ2n) is 6.78. The molecule has 1 N–H and O–H groups in total. The Labute approximate surface area is 186 Å². The zero-order valence-corrected chi connectivity index (χ0v) is 17.6. The highest BCUT2D eigenvalue weighted by Crippen LogP contribution is 2.34. The van der Waals surface area contributed by atoms with Crippen LogP contribution in [-0.4, -0.2) is 23.0 Å². The number of benzene rings is 3. The van der Waals surface area contributed by atoms with Gasteiger partial charge in [-0.3, -0.25) is 4.79 Å². The maximum Gasteiger partial charge on any atom is 0.349 e. The Bertz CT molecular complexity index is 1430. The molecule has 0 saturated heterocycles. The lowest BCUT2D eigenvalue weighted by atomic mass is 10.2. The number of fused-ring (bicyclic) bond motifs is 1. The normalized spacial score (nSPS) is 11.2. The molecule has 0 bridgehead atoms. The van der Waals surface area contributed by atoms with Crippen LogP contribution in [0.4, 0.5) is 4.39 Å². The molecule has 3 aromatic carbocycles. The Morgan fingerprint density at radius 3 is 2.62 bits per heavy atom. The van der Waals surface area contributed by atoms with E-state index < -0.39 is 11.2 Å². The zero-order valence-electron chi connectivity index (χ0n) is 16.8. The summed E-state index contributed by atoms with van der Waals surface area (Å²) in [6, 6.07) is 15.6. The van der Waals surface area contributed by atoms with E-state index in [-0.39, 0.29) is 12.4 Å². The van der Waals surface area contributed by atoms with Crippen LogP contribution in [0.1, 0.15) is 11.1 Å². The lowest BCUT2D eigenvalue weighted by Gasteiger charge is -2.14. The van der Waals surface area contributed by atoms with Gasteiger partial charge in [-0.15, -0.1) is 4.68 Å². The van der Waals surface area contributed by atoms with Gasteiger partial charge in [0, 0.05) is 16.7 Å². The largest absolute Gasteiger partial charge is 0.493 e. The number of aromatic nitrogens is 2. The van der Waals surface area contributed by atoms with E-state index in [1.54, 1.807) is 48.5 Å². The lowest BCUT2D eigenvalue weighted by Crippen LogP contribution is -2.32. The molecule has 0 saturated carbocycles. The molecule has 7 nitrogen and oxygen atoms in total. The number of nitrogens with one attached hydrogen (secondary N) is 1. The maximum absolute atomic E-state index is 13.2. The fraction of sp³-hybridized carbons (Fsp3) is 0.0870. The maximum atomic E-state index is 13.2. The predicted octanol–water partition coefficient (Wildman–Crippen LogP) is 3.95. The number of H-pyrrole nitrogens is 1. The number of hydrogen-bond donors (Lipinski definition) is 1. The standard InChI is InChI=1S/C23H17ClFN3O4/c1-31-20-11-16(24)10-15(21(20)32-13-14-6-8-17(25)9-7-14)12-26-28-22(29)18-4-2-3-5-19(18)27-23(28)30/h2-12H,13H2,1H3,(H,27,30). The van der Waals surface area contributed by atoms with Crippen molar-refractivity contribution in [3.63, 3.8) is 0 Å². The molecule has 0 spiro atoms. The number of halogens is 2. The minimum absolute atomic E-state index is 0.121. The summed E-state index contributed by atoms with van der Waals surface area (Å²) in [4.78, 5) is 27.7. The predicted molar refractivity (Wildman–Crippen MR) is 121 cm³/mol. The molecule has 4 aromatic rings. The van der Waals surface area contributed by atoms with Gasteiger partial charge in [0.15, 0.2) is 11.5 Å². The van der Waals surface area contributed by atoms with Crippen LogP contribution < -0.4 is 20.7 Å². The fourth-order valence-electron chi connectivity index (χ4n) is 3.10. The SMILES string of the molecule is COc1cc(Cl)cc(C=Nn2c(=O)[nH]c3ccccc3c2=O)c1OCc1ccc(F)cc1. The first-order valence-electron chi connectivity index (χ1n) is 9.49. The highest BCUT2D eigenvalue weighted by atomic mass is 35.5. The van der Waals surface area contributed by atoms with Crippen molar-refractivity contribution >= 4 is 28.7 Å². The summed E-state index contributed by atoms with van der Waals surface area (Å²) >= 11 is 6.18. The van der Waals surface area contributed by atoms with Crippen molar-refractivity contribution in [2.45, 2.75) is 6.61 Å². The number of ether oxygens (including phenoxy) is 2. The lowest BCUT2D eigenvalue weighted by molar-refractivity contribution is 0.284. The minimum Gasteiger partial charge on any atom is -0.493 e. The molecule has 32 heavy (non-hydrogen) atoms. The van der Waals surface area contributed by atoms with Crippen LogP contribution >= 0.6 is 11.6 Å². The number of methoxy groups -OCH3 is 1. The summed E-state index contributed by atoms with van der Waals surface area (Å²) in [5.41, 5.74) is 0.280. The fourth-order valence-corrected chi connectivity index (χ4v) is 3.32. The topological polar surface area (TPSA) is 85.7 Å². The molecular formula is C23H17ClFN3O4. The molecule has 9 heteroatoms.